The monoisotopic (exact) mass is 314 g/mol. The molecule has 1 fully saturated rings. The number of hydrogen-bond acceptors (Lipinski definition) is 3. The molecular formula is C15H20F2N2O3. The van der Waals surface area contributed by atoms with Gasteiger partial charge in [-0.3, -0.25) is 0 Å². The number of likely N-dealkylation sites (N-methyl/N-ethyl adjacent to an activating group) is 1. The molecule has 1 aliphatic heterocycles. The molecule has 0 saturated carbocycles. The van der Waals surface area contributed by atoms with Gasteiger partial charge in [-0.25, -0.2) is 13.6 Å². The van der Waals surface area contributed by atoms with Gasteiger partial charge in [0.05, 0.1) is 13.2 Å². The Labute approximate surface area is 128 Å². The van der Waals surface area contributed by atoms with Gasteiger partial charge < -0.3 is 19.7 Å². The Morgan fingerprint density at radius 1 is 1.45 bits per heavy atom. The number of amides is 2. The zero-order chi connectivity index (χ0) is 16.1. The first-order chi connectivity index (χ1) is 10.5. The van der Waals surface area contributed by atoms with Gasteiger partial charge in [-0.15, -0.1) is 0 Å². The molecule has 7 heteroatoms. The van der Waals surface area contributed by atoms with Crippen LogP contribution in [0.3, 0.4) is 0 Å². The summed E-state index contributed by atoms with van der Waals surface area (Å²) in [6, 6.07) is 1.64. The van der Waals surface area contributed by atoms with Gasteiger partial charge >= 0.3 is 6.03 Å². The fourth-order valence-electron chi connectivity index (χ4n) is 2.42. The van der Waals surface area contributed by atoms with Gasteiger partial charge in [-0.1, -0.05) is 0 Å². The van der Waals surface area contributed by atoms with E-state index in [1.54, 1.807) is 4.90 Å². The quantitative estimate of drug-likeness (QED) is 0.909. The summed E-state index contributed by atoms with van der Waals surface area (Å²) in [5.74, 6) is -2.19. The maximum Gasteiger partial charge on any atom is 0.321 e. The summed E-state index contributed by atoms with van der Waals surface area (Å²) in [5.41, 5.74) is 0.0478. The number of ether oxygens (including phenoxy) is 2. The average Bonchev–Trinajstić information content (AvgIpc) is 2.97. The van der Waals surface area contributed by atoms with Crippen molar-refractivity contribution < 1.29 is 23.0 Å². The molecule has 0 aliphatic carbocycles. The highest BCUT2D eigenvalue weighted by Crippen LogP contribution is 2.25. The highest BCUT2D eigenvalue weighted by atomic mass is 19.1. The minimum absolute atomic E-state index is 0.0232. The van der Waals surface area contributed by atoms with Crippen LogP contribution in [0, 0.1) is 11.6 Å². The van der Waals surface area contributed by atoms with Crippen molar-refractivity contribution >= 4 is 11.7 Å². The first-order valence-electron chi connectivity index (χ1n) is 7.25. The number of hydrogen-bond donors (Lipinski definition) is 1. The molecule has 22 heavy (non-hydrogen) atoms. The van der Waals surface area contributed by atoms with Crippen LogP contribution in [0.1, 0.15) is 19.8 Å². The largest absolute Gasteiger partial charge is 0.491 e. The Morgan fingerprint density at radius 2 is 2.14 bits per heavy atom. The third kappa shape index (κ3) is 3.85. The SMILES string of the molecule is CCN(C[C@H]1CCCO1)C(=O)Nc1cc(F)c(OC)c(F)c1. The predicted octanol–water partition coefficient (Wildman–Crippen LogP) is 3.01. The van der Waals surface area contributed by atoms with Gasteiger partial charge in [-0.05, 0) is 19.8 Å². The molecule has 0 spiro atoms. The van der Waals surface area contributed by atoms with Crippen LogP contribution < -0.4 is 10.1 Å². The van der Waals surface area contributed by atoms with Crippen molar-refractivity contribution in [1.82, 2.24) is 4.90 Å². The van der Waals surface area contributed by atoms with Gasteiger partial charge in [0.25, 0.3) is 0 Å². The van der Waals surface area contributed by atoms with Crippen LogP contribution in [0.4, 0.5) is 19.3 Å². The lowest BCUT2D eigenvalue weighted by Crippen LogP contribution is -2.40. The summed E-state index contributed by atoms with van der Waals surface area (Å²) >= 11 is 0. The van der Waals surface area contributed by atoms with Crippen LogP contribution in [0.5, 0.6) is 5.75 Å². The lowest BCUT2D eigenvalue weighted by molar-refractivity contribution is 0.0849. The van der Waals surface area contributed by atoms with Crippen molar-refractivity contribution in [2.24, 2.45) is 0 Å². The van der Waals surface area contributed by atoms with E-state index in [2.05, 4.69) is 10.1 Å². The van der Waals surface area contributed by atoms with Crippen LogP contribution >= 0.6 is 0 Å². The second-order valence-corrected chi connectivity index (χ2v) is 5.08. The van der Waals surface area contributed by atoms with Crippen LogP contribution in [-0.2, 0) is 4.74 Å². The number of halogens is 2. The molecule has 0 radical (unpaired) electrons. The number of rotatable bonds is 5. The van der Waals surface area contributed by atoms with Crippen LogP contribution in [-0.4, -0.2) is 43.8 Å². The van der Waals surface area contributed by atoms with Crippen molar-refractivity contribution in [2.45, 2.75) is 25.9 Å². The lowest BCUT2D eigenvalue weighted by atomic mass is 10.2. The highest BCUT2D eigenvalue weighted by molar-refractivity contribution is 5.89. The molecule has 1 heterocycles. The Bertz CT molecular complexity index is 511. The molecule has 1 aliphatic rings. The number of anilines is 1. The molecule has 1 aromatic rings. The summed E-state index contributed by atoms with van der Waals surface area (Å²) in [6.07, 6.45) is 1.92. The third-order valence-corrected chi connectivity index (χ3v) is 3.57. The summed E-state index contributed by atoms with van der Waals surface area (Å²) < 4.78 is 37.3. The summed E-state index contributed by atoms with van der Waals surface area (Å²) in [4.78, 5) is 13.7. The zero-order valence-electron chi connectivity index (χ0n) is 12.7. The molecule has 1 saturated heterocycles. The Kier molecular flexibility index (Phi) is 5.54. The lowest BCUT2D eigenvalue weighted by Gasteiger charge is -2.24. The molecule has 0 unspecified atom stereocenters. The highest BCUT2D eigenvalue weighted by Gasteiger charge is 2.22. The van der Waals surface area contributed by atoms with Gasteiger partial charge in [0.15, 0.2) is 17.4 Å². The van der Waals surface area contributed by atoms with E-state index in [0.29, 0.717) is 19.7 Å². The van der Waals surface area contributed by atoms with E-state index in [0.717, 1.165) is 25.0 Å². The van der Waals surface area contributed by atoms with Gasteiger partial charge in [0.1, 0.15) is 0 Å². The van der Waals surface area contributed by atoms with Crippen molar-refractivity contribution in [1.29, 1.82) is 0 Å². The van der Waals surface area contributed by atoms with E-state index in [1.807, 2.05) is 6.92 Å². The molecule has 0 bridgehead atoms. The number of nitrogens with one attached hydrogen (secondary N) is 1. The molecule has 122 valence electrons. The van der Waals surface area contributed by atoms with Crippen molar-refractivity contribution in [3.8, 4) is 5.75 Å². The van der Waals surface area contributed by atoms with E-state index in [1.165, 1.54) is 7.11 Å². The second kappa shape index (κ2) is 7.40. The first kappa shape index (κ1) is 16.5. The van der Waals surface area contributed by atoms with Crippen LogP contribution in [0.2, 0.25) is 0 Å². The van der Waals surface area contributed by atoms with Crippen LogP contribution in [0.15, 0.2) is 12.1 Å². The normalized spacial score (nSPS) is 17.4. The Morgan fingerprint density at radius 3 is 2.64 bits per heavy atom. The molecule has 2 amide bonds. The molecule has 1 N–H and O–H groups in total. The predicted molar refractivity (Wildman–Crippen MR) is 78.1 cm³/mol. The van der Waals surface area contributed by atoms with Crippen molar-refractivity contribution in [2.75, 3.05) is 32.1 Å². The number of carbonyl (C=O) groups is 1. The number of benzene rings is 1. The van der Waals surface area contributed by atoms with E-state index >= 15 is 0 Å². The fourth-order valence-corrected chi connectivity index (χ4v) is 2.42. The molecule has 1 atom stereocenters. The van der Waals surface area contributed by atoms with Crippen molar-refractivity contribution in [3.63, 3.8) is 0 Å². The number of urea groups is 1. The fraction of sp³-hybridized carbons (Fsp3) is 0.533. The van der Waals surface area contributed by atoms with Gasteiger partial charge in [0.2, 0.25) is 0 Å². The minimum Gasteiger partial charge on any atom is -0.491 e. The molecular weight excluding hydrogens is 294 g/mol. The molecule has 0 aromatic heterocycles. The summed E-state index contributed by atoms with van der Waals surface area (Å²) in [5, 5.41) is 2.50. The van der Waals surface area contributed by atoms with Crippen molar-refractivity contribution in [3.05, 3.63) is 23.8 Å². The topological polar surface area (TPSA) is 50.8 Å². The maximum atomic E-state index is 13.6. The van der Waals surface area contributed by atoms with E-state index in [-0.39, 0.29) is 11.8 Å². The van der Waals surface area contributed by atoms with Gasteiger partial charge in [0, 0.05) is 37.5 Å². The third-order valence-electron chi connectivity index (χ3n) is 3.57. The number of methoxy groups -OCH3 is 1. The number of carbonyl (C=O) groups excluding carboxylic acids is 1. The standard InChI is InChI=1S/C15H20F2N2O3/c1-3-19(9-11-5-4-6-22-11)15(20)18-10-7-12(16)14(21-2)13(17)8-10/h7-8,11H,3-6,9H2,1-2H3,(H,18,20)/t11-/m1/s1. The van der Waals surface area contributed by atoms with E-state index < -0.39 is 23.4 Å². The summed E-state index contributed by atoms with van der Waals surface area (Å²) in [6.45, 7) is 3.48. The average molecular weight is 314 g/mol. The smallest absolute Gasteiger partial charge is 0.321 e. The van der Waals surface area contributed by atoms with Crippen LogP contribution in [0.25, 0.3) is 0 Å². The minimum atomic E-state index is -0.861. The maximum absolute atomic E-state index is 13.6. The van der Waals surface area contributed by atoms with Gasteiger partial charge in [-0.2, -0.15) is 0 Å². The Balaban J connectivity index is 2.03. The number of nitrogens with zero attached hydrogens (tertiary/aromatic N) is 1. The Hall–Kier alpha value is -1.89. The summed E-state index contributed by atoms with van der Waals surface area (Å²) in [7, 11) is 1.18. The zero-order valence-corrected chi connectivity index (χ0v) is 12.7. The first-order valence-corrected chi connectivity index (χ1v) is 7.25. The van der Waals surface area contributed by atoms with E-state index in [4.69, 9.17) is 4.74 Å². The molecule has 5 nitrogen and oxygen atoms in total. The molecule has 2 rings (SSSR count). The van der Waals surface area contributed by atoms with E-state index in [9.17, 15) is 13.6 Å². The molecule has 1 aromatic carbocycles. The second-order valence-electron chi connectivity index (χ2n) is 5.08.